The average Bonchev–Trinajstić information content (AvgIpc) is 2.76. The van der Waals surface area contributed by atoms with Crippen LogP contribution in [0.5, 0.6) is 0 Å². The quantitative estimate of drug-likeness (QED) is 0.781. The van der Waals surface area contributed by atoms with Crippen LogP contribution in [0.25, 0.3) is 0 Å². The Morgan fingerprint density at radius 1 is 1.12 bits per heavy atom. The summed E-state index contributed by atoms with van der Waals surface area (Å²) in [6.07, 6.45) is 9.84. The van der Waals surface area contributed by atoms with E-state index in [1.54, 1.807) is 16.8 Å². The van der Waals surface area contributed by atoms with Crippen molar-refractivity contribution in [2.24, 2.45) is 0 Å². The van der Waals surface area contributed by atoms with E-state index in [0.29, 0.717) is 13.0 Å². The number of likely N-dealkylation sites (N-methyl/N-ethyl adjacent to an activating group) is 1. The van der Waals surface area contributed by atoms with Gasteiger partial charge >= 0.3 is 6.03 Å². The van der Waals surface area contributed by atoms with Gasteiger partial charge in [-0.15, -0.1) is 0 Å². The van der Waals surface area contributed by atoms with E-state index < -0.39 is 6.04 Å². The Hall–Kier alpha value is -2.37. The summed E-state index contributed by atoms with van der Waals surface area (Å²) in [5.74, 6) is -0.636. The van der Waals surface area contributed by atoms with Gasteiger partial charge in [0.2, 0.25) is 11.8 Å². The molecule has 2 unspecified atom stereocenters. The number of nitrogens with one attached hydrogen (secondary N) is 1. The molecular formula is C19H27N3O3. The van der Waals surface area contributed by atoms with Crippen molar-refractivity contribution in [2.45, 2.75) is 52.1 Å². The Bertz CT molecular complexity index is 648. The van der Waals surface area contributed by atoms with Gasteiger partial charge < -0.3 is 9.80 Å². The summed E-state index contributed by atoms with van der Waals surface area (Å²) in [6.45, 7) is 6.54. The second kappa shape index (κ2) is 8.14. The summed E-state index contributed by atoms with van der Waals surface area (Å²) in [5, 5.41) is 2.32. The third-order valence-corrected chi connectivity index (χ3v) is 4.67. The predicted molar refractivity (Wildman–Crippen MR) is 96.8 cm³/mol. The van der Waals surface area contributed by atoms with Gasteiger partial charge in [-0.2, -0.15) is 0 Å². The zero-order valence-electron chi connectivity index (χ0n) is 15.4. The van der Waals surface area contributed by atoms with Gasteiger partial charge in [-0.05, 0) is 25.3 Å². The van der Waals surface area contributed by atoms with Crippen LogP contribution in [0.4, 0.5) is 4.79 Å². The molecule has 3 rings (SSSR count). The first-order chi connectivity index (χ1) is 12.0. The average molecular weight is 345 g/mol. The molecule has 1 aliphatic carbocycles. The lowest BCUT2D eigenvalue weighted by atomic mass is 10.0. The molecule has 0 saturated carbocycles. The van der Waals surface area contributed by atoms with Crippen LogP contribution in [0.3, 0.4) is 0 Å². The highest BCUT2D eigenvalue weighted by atomic mass is 16.2. The molecule has 0 aromatic rings. The van der Waals surface area contributed by atoms with Gasteiger partial charge in [-0.25, -0.2) is 4.79 Å². The van der Waals surface area contributed by atoms with Gasteiger partial charge in [0.25, 0.3) is 0 Å². The number of carbonyl (C=O) groups excluding carboxylic acids is 3. The van der Waals surface area contributed by atoms with Gasteiger partial charge in [0, 0.05) is 20.0 Å². The van der Waals surface area contributed by atoms with Crippen molar-refractivity contribution in [1.29, 1.82) is 0 Å². The number of imide groups is 1. The van der Waals surface area contributed by atoms with Crippen LogP contribution in [0, 0.1) is 0 Å². The van der Waals surface area contributed by atoms with E-state index in [1.807, 2.05) is 19.9 Å². The number of allylic oxidation sites excluding steroid dienone is 4. The van der Waals surface area contributed by atoms with E-state index in [9.17, 15) is 14.4 Å². The summed E-state index contributed by atoms with van der Waals surface area (Å²) in [7, 11) is 1.76. The zero-order chi connectivity index (χ0) is 18.6. The summed E-state index contributed by atoms with van der Waals surface area (Å²) < 4.78 is 0. The molecule has 2 heterocycles. The van der Waals surface area contributed by atoms with E-state index >= 15 is 0 Å². The third-order valence-electron chi connectivity index (χ3n) is 4.67. The van der Waals surface area contributed by atoms with Gasteiger partial charge in [0.1, 0.15) is 6.04 Å². The van der Waals surface area contributed by atoms with Crippen molar-refractivity contribution >= 4 is 17.8 Å². The smallest absolute Gasteiger partial charge is 0.319 e. The summed E-state index contributed by atoms with van der Waals surface area (Å²) in [4.78, 5) is 39.1. The Morgan fingerprint density at radius 3 is 2.52 bits per heavy atom. The van der Waals surface area contributed by atoms with E-state index in [-0.39, 0.29) is 30.3 Å². The van der Waals surface area contributed by atoms with Crippen LogP contribution in [-0.4, -0.2) is 53.3 Å². The number of urea groups is 1. The van der Waals surface area contributed by atoms with E-state index in [4.69, 9.17) is 0 Å². The molecule has 25 heavy (non-hydrogen) atoms. The summed E-state index contributed by atoms with van der Waals surface area (Å²) in [6, 6.07) is -0.796. The lowest BCUT2D eigenvalue weighted by Gasteiger charge is -2.28. The molecule has 0 spiro atoms. The first kappa shape index (κ1) is 19.0. The SMILES string of the molecule is CC.CC1=CC=C(C2CN(C3CCC(=O)NC3=O)C(=O)N2C)C=CC1. The van der Waals surface area contributed by atoms with Crippen molar-refractivity contribution < 1.29 is 14.4 Å². The molecule has 4 amide bonds. The summed E-state index contributed by atoms with van der Waals surface area (Å²) >= 11 is 0. The molecule has 2 saturated heterocycles. The second-order valence-electron chi connectivity index (χ2n) is 6.31. The number of carbonyl (C=O) groups is 3. The number of hydrogen-bond acceptors (Lipinski definition) is 3. The van der Waals surface area contributed by atoms with Crippen LogP contribution < -0.4 is 5.32 Å². The Kier molecular flexibility index (Phi) is 6.17. The van der Waals surface area contributed by atoms with Crippen molar-refractivity contribution in [3.05, 3.63) is 35.5 Å². The maximum absolute atomic E-state index is 12.6. The Morgan fingerprint density at radius 2 is 1.84 bits per heavy atom. The molecule has 0 aromatic carbocycles. The monoisotopic (exact) mass is 345 g/mol. The highest BCUT2D eigenvalue weighted by Crippen LogP contribution is 2.27. The molecule has 0 bridgehead atoms. The third kappa shape index (κ3) is 4.00. The van der Waals surface area contributed by atoms with Crippen molar-refractivity contribution in [3.63, 3.8) is 0 Å². The fraction of sp³-hybridized carbons (Fsp3) is 0.526. The molecule has 2 aliphatic heterocycles. The van der Waals surface area contributed by atoms with Gasteiger partial charge in [-0.1, -0.05) is 43.7 Å². The van der Waals surface area contributed by atoms with Gasteiger partial charge in [0.15, 0.2) is 0 Å². The molecule has 6 heteroatoms. The van der Waals surface area contributed by atoms with Crippen LogP contribution in [0.1, 0.15) is 40.0 Å². The largest absolute Gasteiger partial charge is 0.321 e. The lowest BCUT2D eigenvalue weighted by molar-refractivity contribution is -0.136. The molecule has 6 nitrogen and oxygen atoms in total. The molecule has 136 valence electrons. The Labute approximate surface area is 149 Å². The normalized spacial score (nSPS) is 26.5. The molecule has 0 aromatic heterocycles. The number of rotatable bonds is 2. The molecule has 2 atom stereocenters. The molecule has 2 fully saturated rings. The predicted octanol–water partition coefficient (Wildman–Crippen LogP) is 2.39. The first-order valence-electron chi connectivity index (χ1n) is 8.88. The van der Waals surface area contributed by atoms with E-state index in [0.717, 1.165) is 12.0 Å². The summed E-state index contributed by atoms with van der Waals surface area (Å²) in [5.41, 5.74) is 2.33. The molecule has 1 N–H and O–H groups in total. The van der Waals surface area contributed by atoms with Gasteiger partial charge in [-0.3, -0.25) is 14.9 Å². The highest BCUT2D eigenvalue weighted by molar-refractivity contribution is 6.01. The minimum Gasteiger partial charge on any atom is -0.319 e. The van der Waals surface area contributed by atoms with Crippen LogP contribution in [-0.2, 0) is 9.59 Å². The number of amides is 4. The lowest BCUT2D eigenvalue weighted by Crippen LogP contribution is -2.53. The fourth-order valence-corrected chi connectivity index (χ4v) is 3.26. The molecule has 3 aliphatic rings. The van der Waals surface area contributed by atoms with Crippen molar-refractivity contribution in [2.75, 3.05) is 13.6 Å². The van der Waals surface area contributed by atoms with Crippen LogP contribution >= 0.6 is 0 Å². The van der Waals surface area contributed by atoms with Crippen molar-refractivity contribution in [1.82, 2.24) is 15.1 Å². The standard InChI is InChI=1S/C17H21N3O3.C2H6/c1-11-4-3-5-12(7-6-11)14-10-20(17(23)19(14)2)13-8-9-15(21)18-16(13)22;1-2/h3,5-7,13-14H,4,8-10H2,1-2H3,(H,18,21,22);1-2H3. The maximum atomic E-state index is 12.6. The number of piperidine rings is 1. The first-order valence-corrected chi connectivity index (χ1v) is 8.88. The van der Waals surface area contributed by atoms with Gasteiger partial charge in [0.05, 0.1) is 6.04 Å². The molecular weight excluding hydrogens is 318 g/mol. The minimum atomic E-state index is -0.555. The second-order valence-corrected chi connectivity index (χ2v) is 6.31. The Balaban J connectivity index is 0.00000109. The van der Waals surface area contributed by atoms with Crippen LogP contribution in [0.15, 0.2) is 35.5 Å². The zero-order valence-corrected chi connectivity index (χ0v) is 15.4. The van der Waals surface area contributed by atoms with E-state index in [2.05, 4.69) is 30.5 Å². The highest BCUT2D eigenvalue weighted by Gasteiger charge is 2.43. The topological polar surface area (TPSA) is 69.7 Å². The maximum Gasteiger partial charge on any atom is 0.321 e. The fourth-order valence-electron chi connectivity index (χ4n) is 3.26. The number of hydrogen-bond donors (Lipinski definition) is 1. The van der Waals surface area contributed by atoms with E-state index in [1.165, 1.54) is 5.57 Å². The molecule has 0 radical (unpaired) electrons. The van der Waals surface area contributed by atoms with Crippen molar-refractivity contribution in [3.8, 4) is 0 Å². The van der Waals surface area contributed by atoms with Crippen LogP contribution in [0.2, 0.25) is 0 Å². The number of nitrogens with zero attached hydrogens (tertiary/aromatic N) is 2. The minimum absolute atomic E-state index is 0.0775.